The fraction of sp³-hybridized carbons (Fsp3) is 0.462. The molecule has 0 aromatic carbocycles. The van der Waals surface area contributed by atoms with Gasteiger partial charge in [-0.3, -0.25) is 9.48 Å². The standard InChI is InChI=1S/C13H16N4O2/c1-10-8-12(15-19-10)13(18)16-6-2-4-11(9-16)17-7-3-5-14-17/h3,5,7-8,11H,2,4,6,9H2,1H3. The van der Waals surface area contributed by atoms with Gasteiger partial charge in [0.05, 0.1) is 6.04 Å². The Bertz CT molecular complexity index is 561. The predicted molar refractivity (Wildman–Crippen MR) is 67.6 cm³/mol. The lowest BCUT2D eigenvalue weighted by molar-refractivity contribution is 0.0662. The number of piperidine rings is 1. The summed E-state index contributed by atoms with van der Waals surface area (Å²) in [5.74, 6) is 0.595. The van der Waals surface area contributed by atoms with Crippen LogP contribution in [0.3, 0.4) is 0 Å². The van der Waals surface area contributed by atoms with Crippen LogP contribution in [0.25, 0.3) is 0 Å². The fourth-order valence-corrected chi connectivity index (χ4v) is 2.48. The first-order valence-electron chi connectivity index (χ1n) is 6.46. The maximum absolute atomic E-state index is 12.3. The van der Waals surface area contributed by atoms with Crippen molar-refractivity contribution < 1.29 is 9.32 Å². The van der Waals surface area contributed by atoms with Gasteiger partial charge in [0.25, 0.3) is 5.91 Å². The zero-order chi connectivity index (χ0) is 13.2. The first-order chi connectivity index (χ1) is 9.24. The lowest BCUT2D eigenvalue weighted by Crippen LogP contribution is -2.41. The van der Waals surface area contributed by atoms with E-state index in [1.165, 1.54) is 0 Å². The molecule has 1 fully saturated rings. The predicted octanol–water partition coefficient (Wildman–Crippen LogP) is 1.66. The molecule has 0 bridgehead atoms. The summed E-state index contributed by atoms with van der Waals surface area (Å²) >= 11 is 0. The monoisotopic (exact) mass is 260 g/mol. The molecule has 1 saturated heterocycles. The van der Waals surface area contributed by atoms with Gasteiger partial charge in [-0.15, -0.1) is 0 Å². The highest BCUT2D eigenvalue weighted by Crippen LogP contribution is 2.22. The SMILES string of the molecule is Cc1cc(C(=O)N2CCCC(n3cccn3)C2)no1. The quantitative estimate of drug-likeness (QED) is 0.823. The molecular weight excluding hydrogens is 244 g/mol. The van der Waals surface area contributed by atoms with E-state index < -0.39 is 0 Å². The number of aryl methyl sites for hydroxylation is 1. The van der Waals surface area contributed by atoms with E-state index in [2.05, 4.69) is 10.3 Å². The first-order valence-corrected chi connectivity index (χ1v) is 6.46. The number of carbonyl (C=O) groups excluding carboxylic acids is 1. The molecule has 1 aliphatic rings. The molecule has 100 valence electrons. The van der Waals surface area contributed by atoms with E-state index in [0.717, 1.165) is 19.4 Å². The van der Waals surface area contributed by atoms with E-state index in [4.69, 9.17) is 4.52 Å². The van der Waals surface area contributed by atoms with Gasteiger partial charge in [0.1, 0.15) is 5.76 Å². The number of hydrogen-bond acceptors (Lipinski definition) is 4. The van der Waals surface area contributed by atoms with E-state index in [1.807, 2.05) is 21.8 Å². The van der Waals surface area contributed by atoms with E-state index in [-0.39, 0.29) is 11.9 Å². The highest BCUT2D eigenvalue weighted by molar-refractivity contribution is 5.92. The van der Waals surface area contributed by atoms with Gasteiger partial charge < -0.3 is 9.42 Å². The summed E-state index contributed by atoms with van der Waals surface area (Å²) in [4.78, 5) is 14.1. The van der Waals surface area contributed by atoms with Crippen molar-refractivity contribution in [3.8, 4) is 0 Å². The highest BCUT2D eigenvalue weighted by Gasteiger charge is 2.27. The molecule has 0 radical (unpaired) electrons. The van der Waals surface area contributed by atoms with Gasteiger partial charge in [0, 0.05) is 31.5 Å². The van der Waals surface area contributed by atoms with E-state index in [0.29, 0.717) is 18.0 Å². The second-order valence-electron chi connectivity index (χ2n) is 4.86. The molecular formula is C13H16N4O2. The average molecular weight is 260 g/mol. The summed E-state index contributed by atoms with van der Waals surface area (Å²) in [6, 6.07) is 3.84. The Kier molecular flexibility index (Phi) is 3.06. The number of hydrogen-bond donors (Lipinski definition) is 0. The zero-order valence-corrected chi connectivity index (χ0v) is 10.8. The number of likely N-dealkylation sites (tertiary alicyclic amines) is 1. The molecule has 0 saturated carbocycles. The Morgan fingerprint density at radius 1 is 1.53 bits per heavy atom. The maximum Gasteiger partial charge on any atom is 0.276 e. The van der Waals surface area contributed by atoms with Crippen LogP contribution in [-0.2, 0) is 0 Å². The van der Waals surface area contributed by atoms with Crippen LogP contribution in [0.4, 0.5) is 0 Å². The molecule has 0 aliphatic carbocycles. The van der Waals surface area contributed by atoms with Crippen molar-refractivity contribution in [2.45, 2.75) is 25.8 Å². The number of carbonyl (C=O) groups is 1. The molecule has 0 N–H and O–H groups in total. The van der Waals surface area contributed by atoms with Gasteiger partial charge in [-0.2, -0.15) is 5.10 Å². The summed E-state index contributed by atoms with van der Waals surface area (Å²) < 4.78 is 6.88. The smallest absolute Gasteiger partial charge is 0.276 e. The number of aromatic nitrogens is 3. The Morgan fingerprint density at radius 2 is 2.42 bits per heavy atom. The Balaban J connectivity index is 1.73. The molecule has 0 spiro atoms. The zero-order valence-electron chi connectivity index (χ0n) is 10.8. The molecule has 2 aromatic rings. The average Bonchev–Trinajstić information content (AvgIpc) is 3.09. The van der Waals surface area contributed by atoms with Crippen LogP contribution in [-0.4, -0.2) is 38.8 Å². The van der Waals surface area contributed by atoms with Crippen molar-refractivity contribution in [3.05, 3.63) is 36.0 Å². The first kappa shape index (κ1) is 12.0. The molecule has 6 heteroatoms. The molecule has 6 nitrogen and oxygen atoms in total. The maximum atomic E-state index is 12.3. The third kappa shape index (κ3) is 2.38. The van der Waals surface area contributed by atoms with E-state index in [9.17, 15) is 4.79 Å². The van der Waals surface area contributed by atoms with Gasteiger partial charge >= 0.3 is 0 Å². The summed E-state index contributed by atoms with van der Waals surface area (Å²) in [7, 11) is 0. The van der Waals surface area contributed by atoms with Gasteiger partial charge in [-0.05, 0) is 25.8 Å². The van der Waals surface area contributed by atoms with Crippen LogP contribution in [0, 0.1) is 6.92 Å². The van der Waals surface area contributed by atoms with Crippen molar-refractivity contribution in [2.24, 2.45) is 0 Å². The molecule has 3 heterocycles. The van der Waals surface area contributed by atoms with Crippen molar-refractivity contribution >= 4 is 5.91 Å². The van der Waals surface area contributed by atoms with Crippen LogP contribution in [0.15, 0.2) is 29.0 Å². The number of rotatable bonds is 2. The minimum atomic E-state index is -0.0614. The topological polar surface area (TPSA) is 64.2 Å². The van der Waals surface area contributed by atoms with E-state index >= 15 is 0 Å². The summed E-state index contributed by atoms with van der Waals surface area (Å²) in [6.45, 7) is 3.22. The highest BCUT2D eigenvalue weighted by atomic mass is 16.5. The van der Waals surface area contributed by atoms with Crippen molar-refractivity contribution in [1.29, 1.82) is 0 Å². The Morgan fingerprint density at radius 3 is 3.11 bits per heavy atom. The van der Waals surface area contributed by atoms with Crippen LogP contribution in [0.2, 0.25) is 0 Å². The second kappa shape index (κ2) is 4.87. The molecule has 1 unspecified atom stereocenters. The van der Waals surface area contributed by atoms with Gasteiger partial charge in [0.15, 0.2) is 5.69 Å². The van der Waals surface area contributed by atoms with Crippen molar-refractivity contribution in [1.82, 2.24) is 19.8 Å². The van der Waals surface area contributed by atoms with Crippen LogP contribution in [0.5, 0.6) is 0 Å². The second-order valence-corrected chi connectivity index (χ2v) is 4.86. The molecule has 3 rings (SSSR count). The third-order valence-electron chi connectivity index (χ3n) is 3.43. The van der Waals surface area contributed by atoms with Crippen LogP contribution >= 0.6 is 0 Å². The summed E-state index contributed by atoms with van der Waals surface area (Å²) in [5.41, 5.74) is 0.388. The fourth-order valence-electron chi connectivity index (χ4n) is 2.48. The van der Waals surface area contributed by atoms with E-state index in [1.54, 1.807) is 19.2 Å². The molecule has 1 amide bonds. The van der Waals surface area contributed by atoms with Gasteiger partial charge in [-0.1, -0.05) is 5.16 Å². The normalized spacial score (nSPS) is 19.6. The molecule has 2 aromatic heterocycles. The number of amides is 1. The minimum absolute atomic E-state index is 0.0614. The van der Waals surface area contributed by atoms with Crippen molar-refractivity contribution in [2.75, 3.05) is 13.1 Å². The lowest BCUT2D eigenvalue weighted by atomic mass is 10.1. The minimum Gasteiger partial charge on any atom is -0.361 e. The van der Waals surface area contributed by atoms with Gasteiger partial charge in [0.2, 0.25) is 0 Å². The van der Waals surface area contributed by atoms with Crippen LogP contribution < -0.4 is 0 Å². The molecule has 1 atom stereocenters. The summed E-state index contributed by atoms with van der Waals surface area (Å²) in [6.07, 6.45) is 5.73. The van der Waals surface area contributed by atoms with Crippen molar-refractivity contribution in [3.63, 3.8) is 0 Å². The third-order valence-corrected chi connectivity index (χ3v) is 3.43. The van der Waals surface area contributed by atoms with Gasteiger partial charge in [-0.25, -0.2) is 0 Å². The Labute approximate surface area is 111 Å². The summed E-state index contributed by atoms with van der Waals surface area (Å²) in [5, 5.41) is 8.05. The van der Waals surface area contributed by atoms with Crippen LogP contribution in [0.1, 0.15) is 35.1 Å². The molecule has 19 heavy (non-hydrogen) atoms. The largest absolute Gasteiger partial charge is 0.361 e. The number of nitrogens with zero attached hydrogens (tertiary/aromatic N) is 4. The Hall–Kier alpha value is -2.11. The lowest BCUT2D eigenvalue weighted by Gasteiger charge is -2.32. The molecule has 1 aliphatic heterocycles.